The molecule has 0 aromatic heterocycles. The first-order chi connectivity index (χ1) is 10.1. The van der Waals surface area contributed by atoms with Crippen LogP contribution >= 0.6 is 11.6 Å². The monoisotopic (exact) mass is 324 g/mol. The molecule has 0 heterocycles. The number of hydrogen-bond donors (Lipinski definition) is 1. The predicted octanol–water partition coefficient (Wildman–Crippen LogP) is 3.63. The molecule has 0 aliphatic heterocycles. The van der Waals surface area contributed by atoms with Crippen LogP contribution in [-0.4, -0.2) is 15.0 Å². The molecule has 2 aromatic carbocycles. The summed E-state index contributed by atoms with van der Waals surface area (Å²) in [6.07, 6.45) is 1.57. The van der Waals surface area contributed by atoms with Gasteiger partial charge in [0.2, 0.25) is 0 Å². The van der Waals surface area contributed by atoms with E-state index in [1.54, 1.807) is 12.1 Å². The third-order valence-electron chi connectivity index (χ3n) is 3.18. The first-order valence-electron chi connectivity index (χ1n) is 6.70. The molecule has 0 saturated heterocycles. The van der Waals surface area contributed by atoms with E-state index in [-0.39, 0.29) is 4.90 Å². The van der Waals surface area contributed by atoms with Crippen LogP contribution in [0.5, 0.6) is 5.75 Å². The highest BCUT2D eigenvalue weighted by Crippen LogP contribution is 2.25. The van der Waals surface area contributed by atoms with E-state index in [0.29, 0.717) is 12.4 Å². The smallest absolute Gasteiger partial charge is 0.171 e. The maximum Gasteiger partial charge on any atom is 0.171 e. The maximum atomic E-state index is 11.2. The van der Waals surface area contributed by atoms with E-state index in [2.05, 4.69) is 0 Å². The number of hydrogen-bond acceptors (Lipinski definition) is 3. The van der Waals surface area contributed by atoms with Crippen LogP contribution in [0, 0.1) is 6.92 Å². The zero-order valence-electron chi connectivity index (χ0n) is 11.7. The molecule has 0 bridgehead atoms. The Kier molecular flexibility index (Phi) is 5.65. The van der Waals surface area contributed by atoms with Crippen LogP contribution in [0.2, 0.25) is 5.02 Å². The van der Waals surface area contributed by atoms with Gasteiger partial charge in [-0.1, -0.05) is 41.9 Å². The van der Waals surface area contributed by atoms with E-state index in [1.807, 2.05) is 37.3 Å². The van der Waals surface area contributed by atoms with Crippen molar-refractivity contribution < 1.29 is 13.2 Å². The van der Waals surface area contributed by atoms with E-state index >= 15 is 0 Å². The van der Waals surface area contributed by atoms with Gasteiger partial charge < -0.3 is 4.74 Å². The van der Waals surface area contributed by atoms with Gasteiger partial charge in [-0.05, 0) is 43.0 Å². The topological polar surface area (TPSA) is 43.4 Å². The molecule has 0 N–H and O–H groups in total. The minimum absolute atomic E-state index is 0.239. The van der Waals surface area contributed by atoms with Gasteiger partial charge in [0, 0.05) is 5.02 Å². The number of benzene rings is 2. The normalized spacial score (nSPS) is 10.8. The van der Waals surface area contributed by atoms with Crippen molar-refractivity contribution in [1.29, 1.82) is 0 Å². The summed E-state index contributed by atoms with van der Waals surface area (Å²) in [7, 11) is -2.65. The van der Waals surface area contributed by atoms with Crippen LogP contribution in [0.15, 0.2) is 47.4 Å². The Balaban J connectivity index is 1.97. The highest BCUT2D eigenvalue weighted by atomic mass is 35.5. The van der Waals surface area contributed by atoms with Crippen LogP contribution in [0.25, 0.3) is 0 Å². The lowest BCUT2D eigenvalue weighted by molar-refractivity contribution is 0.301. The minimum Gasteiger partial charge on any atom is -0.492 e. The second-order valence-electron chi connectivity index (χ2n) is 4.72. The summed E-state index contributed by atoms with van der Waals surface area (Å²) >= 11 is 6.09. The molecule has 3 nitrogen and oxygen atoms in total. The molecule has 0 amide bonds. The first-order valence-corrected chi connectivity index (χ1v) is 8.25. The van der Waals surface area contributed by atoms with Crippen LogP contribution in [0.1, 0.15) is 17.5 Å². The van der Waals surface area contributed by atoms with E-state index in [4.69, 9.17) is 16.3 Å². The number of ether oxygens (including phenoxy) is 1. The molecule has 0 spiro atoms. The molecular weight excluding hydrogens is 308 g/mol. The number of rotatable bonds is 6. The fourth-order valence-electron chi connectivity index (χ4n) is 2.11. The van der Waals surface area contributed by atoms with Crippen LogP contribution < -0.4 is 4.74 Å². The lowest BCUT2D eigenvalue weighted by Crippen LogP contribution is -2.03. The average molecular weight is 325 g/mol. The van der Waals surface area contributed by atoms with Crippen molar-refractivity contribution >= 4 is 22.3 Å². The van der Waals surface area contributed by atoms with Crippen molar-refractivity contribution in [3.8, 4) is 5.75 Å². The fraction of sp³-hybridized carbons (Fsp3) is 0.250. The van der Waals surface area contributed by atoms with Gasteiger partial charge in [0.25, 0.3) is 0 Å². The van der Waals surface area contributed by atoms with Gasteiger partial charge >= 0.3 is 0 Å². The lowest BCUT2D eigenvalue weighted by atomic mass is 10.1. The average Bonchev–Trinajstić information content (AvgIpc) is 2.46. The maximum absolute atomic E-state index is 11.2. The summed E-state index contributed by atoms with van der Waals surface area (Å²) in [5.74, 6) is 0.452. The Hall–Kier alpha value is -1.52. The minimum atomic E-state index is -2.65. The van der Waals surface area contributed by atoms with Crippen molar-refractivity contribution in [2.75, 3.05) is 6.61 Å². The van der Waals surface area contributed by atoms with Gasteiger partial charge in [-0.2, -0.15) is 0 Å². The number of aryl methyl sites for hydroxylation is 2. The van der Waals surface area contributed by atoms with E-state index in [0.717, 1.165) is 29.0 Å². The number of halogens is 1. The highest BCUT2D eigenvalue weighted by Gasteiger charge is 2.09. The largest absolute Gasteiger partial charge is 0.492 e. The zero-order chi connectivity index (χ0) is 15.2. The molecule has 112 valence electrons. The summed E-state index contributed by atoms with van der Waals surface area (Å²) in [5, 5.41) is 0.747. The van der Waals surface area contributed by atoms with Crippen molar-refractivity contribution in [2.45, 2.75) is 24.7 Å². The van der Waals surface area contributed by atoms with Crippen molar-refractivity contribution in [3.63, 3.8) is 0 Å². The van der Waals surface area contributed by atoms with Gasteiger partial charge in [-0.3, -0.25) is 0 Å². The second-order valence-corrected chi connectivity index (χ2v) is 6.13. The first kappa shape index (κ1) is 15.9. The Morgan fingerprint density at radius 1 is 1.10 bits per heavy atom. The molecule has 0 unspecified atom stereocenters. The fourth-order valence-corrected chi connectivity index (χ4v) is 2.95. The molecule has 0 aliphatic carbocycles. The van der Waals surface area contributed by atoms with Crippen LogP contribution in [-0.2, 0) is 17.1 Å². The quantitative estimate of drug-likeness (QED) is 0.652. The third-order valence-corrected chi connectivity index (χ3v) is 4.30. The summed E-state index contributed by atoms with van der Waals surface area (Å²) in [5.41, 5.74) is 1.90. The molecule has 0 radical (unpaired) electrons. The molecule has 0 atom stereocenters. The van der Waals surface area contributed by atoms with E-state index < -0.39 is 10.7 Å². The van der Waals surface area contributed by atoms with Gasteiger partial charge in [0.15, 0.2) is 10.7 Å². The lowest BCUT2D eigenvalue weighted by Gasteiger charge is -2.11. The molecule has 21 heavy (non-hydrogen) atoms. The summed E-state index contributed by atoms with van der Waals surface area (Å²) < 4.78 is 28.1. The molecule has 0 saturated carbocycles. The van der Waals surface area contributed by atoms with Crippen molar-refractivity contribution in [1.82, 2.24) is 0 Å². The van der Waals surface area contributed by atoms with Crippen molar-refractivity contribution in [2.24, 2.45) is 0 Å². The van der Waals surface area contributed by atoms with Gasteiger partial charge in [0.05, 0.1) is 6.61 Å². The summed E-state index contributed by atoms with van der Waals surface area (Å²) in [6.45, 7) is 2.29. The standard InChI is InChI=1S/C16H17ClO3S/c1-12-6-4-10-15(21(18)19)16(12)20-11-5-8-13-7-2-3-9-14(13)17/h2-4,6-7,9-10,21H,5,8,11H2,1H3. The SMILES string of the molecule is Cc1cccc([SH](=O)=O)c1OCCCc1ccccc1Cl. The molecule has 2 aromatic rings. The van der Waals surface area contributed by atoms with Gasteiger partial charge in [-0.15, -0.1) is 0 Å². The molecule has 2 rings (SSSR count). The Bertz CT molecular complexity index is 688. The molecular formula is C16H17ClO3S. The van der Waals surface area contributed by atoms with Crippen molar-refractivity contribution in [3.05, 3.63) is 58.6 Å². The third kappa shape index (κ3) is 4.22. The summed E-state index contributed by atoms with van der Waals surface area (Å²) in [6, 6.07) is 12.8. The molecule has 5 heteroatoms. The second kappa shape index (κ2) is 7.48. The van der Waals surface area contributed by atoms with Crippen LogP contribution in [0.4, 0.5) is 0 Å². The summed E-state index contributed by atoms with van der Waals surface area (Å²) in [4.78, 5) is 0.239. The number of para-hydroxylation sites is 1. The molecule has 0 fully saturated rings. The van der Waals surface area contributed by atoms with E-state index in [9.17, 15) is 8.42 Å². The van der Waals surface area contributed by atoms with Gasteiger partial charge in [-0.25, -0.2) is 8.42 Å². The van der Waals surface area contributed by atoms with E-state index in [1.165, 1.54) is 0 Å². The number of thiol groups is 1. The molecule has 0 aliphatic rings. The Morgan fingerprint density at radius 2 is 1.86 bits per heavy atom. The zero-order valence-corrected chi connectivity index (χ0v) is 13.4. The Morgan fingerprint density at radius 3 is 2.57 bits per heavy atom. The van der Waals surface area contributed by atoms with Gasteiger partial charge in [0.1, 0.15) is 10.6 Å². The Labute approximate surface area is 131 Å². The highest BCUT2D eigenvalue weighted by molar-refractivity contribution is 7.72. The van der Waals surface area contributed by atoms with Crippen LogP contribution in [0.3, 0.4) is 0 Å². The predicted molar refractivity (Wildman–Crippen MR) is 85.0 cm³/mol.